The van der Waals surface area contributed by atoms with Gasteiger partial charge < -0.3 is 15.1 Å². The lowest BCUT2D eigenvalue weighted by atomic mass is 9.70. The van der Waals surface area contributed by atoms with Gasteiger partial charge in [-0.3, -0.25) is 0 Å². The molecule has 0 radical (unpaired) electrons. The maximum atomic E-state index is 3.54. The van der Waals surface area contributed by atoms with Crippen LogP contribution < -0.4 is 5.32 Å². The van der Waals surface area contributed by atoms with Gasteiger partial charge in [-0.1, -0.05) is 13.8 Å². The first kappa shape index (κ1) is 16.9. The molecule has 0 aromatic carbocycles. The Morgan fingerprint density at radius 2 is 1.84 bits per heavy atom. The fourth-order valence-corrected chi connectivity index (χ4v) is 3.46. The number of hydrogen-bond donors (Lipinski definition) is 1. The summed E-state index contributed by atoms with van der Waals surface area (Å²) in [5, 5.41) is 3.54. The van der Waals surface area contributed by atoms with Crippen LogP contribution in [0.3, 0.4) is 0 Å². The van der Waals surface area contributed by atoms with Gasteiger partial charge in [0.25, 0.3) is 0 Å². The predicted octanol–water partition coefficient (Wildman–Crippen LogP) is 2.28. The van der Waals surface area contributed by atoms with Crippen molar-refractivity contribution in [1.82, 2.24) is 15.1 Å². The van der Waals surface area contributed by atoms with E-state index in [0.29, 0.717) is 11.5 Å². The topological polar surface area (TPSA) is 18.5 Å². The molecule has 0 amide bonds. The normalized spacial score (nSPS) is 27.2. The molecule has 2 atom stereocenters. The molecule has 1 rings (SSSR count). The summed E-state index contributed by atoms with van der Waals surface area (Å²) in [5.41, 5.74) is 0.530. The Morgan fingerprint density at radius 1 is 1.16 bits per heavy atom. The molecule has 3 heteroatoms. The van der Waals surface area contributed by atoms with E-state index in [1.165, 1.54) is 45.3 Å². The average molecular weight is 269 g/mol. The Bertz CT molecular complexity index is 250. The molecule has 1 saturated carbocycles. The molecule has 114 valence electrons. The van der Waals surface area contributed by atoms with Gasteiger partial charge in [0.2, 0.25) is 0 Å². The van der Waals surface area contributed by atoms with E-state index in [4.69, 9.17) is 0 Å². The first-order chi connectivity index (χ1) is 8.84. The highest BCUT2D eigenvalue weighted by Crippen LogP contribution is 2.38. The first-order valence-corrected chi connectivity index (χ1v) is 7.84. The highest BCUT2D eigenvalue weighted by molar-refractivity contribution is 4.89. The number of nitrogens with zero attached hydrogens (tertiary/aromatic N) is 2. The minimum atomic E-state index is 0.530. The van der Waals surface area contributed by atoms with Crippen molar-refractivity contribution in [3.05, 3.63) is 0 Å². The average Bonchev–Trinajstić information content (AvgIpc) is 2.27. The van der Waals surface area contributed by atoms with E-state index in [1.54, 1.807) is 0 Å². The molecule has 0 spiro atoms. The Kier molecular flexibility index (Phi) is 6.78. The van der Waals surface area contributed by atoms with Crippen LogP contribution >= 0.6 is 0 Å². The molecular formula is C16H35N3. The lowest BCUT2D eigenvalue weighted by Gasteiger charge is -2.42. The van der Waals surface area contributed by atoms with Crippen LogP contribution in [-0.4, -0.2) is 63.7 Å². The molecule has 1 aliphatic carbocycles. The molecule has 0 bridgehead atoms. The molecule has 0 aromatic rings. The summed E-state index contributed by atoms with van der Waals surface area (Å²) in [6.07, 6.45) is 5.32. The minimum absolute atomic E-state index is 0.530. The van der Waals surface area contributed by atoms with Crippen molar-refractivity contribution < 1.29 is 0 Å². The first-order valence-electron chi connectivity index (χ1n) is 7.84. The van der Waals surface area contributed by atoms with Crippen molar-refractivity contribution in [1.29, 1.82) is 0 Å². The van der Waals surface area contributed by atoms with Gasteiger partial charge in [0, 0.05) is 12.6 Å². The Hall–Kier alpha value is -0.120. The van der Waals surface area contributed by atoms with E-state index in [-0.39, 0.29) is 0 Å². The molecule has 3 nitrogen and oxygen atoms in total. The van der Waals surface area contributed by atoms with Gasteiger partial charge in [0.05, 0.1) is 0 Å². The van der Waals surface area contributed by atoms with Gasteiger partial charge in [-0.2, -0.15) is 0 Å². The highest BCUT2D eigenvalue weighted by atomic mass is 15.1. The maximum absolute atomic E-state index is 3.54. The van der Waals surface area contributed by atoms with Crippen LogP contribution in [0.4, 0.5) is 0 Å². The third-order valence-electron chi connectivity index (χ3n) is 4.58. The second-order valence-corrected chi connectivity index (χ2v) is 7.48. The van der Waals surface area contributed by atoms with Crippen LogP contribution in [0.2, 0.25) is 0 Å². The lowest BCUT2D eigenvalue weighted by molar-refractivity contribution is 0.111. The predicted molar refractivity (Wildman–Crippen MR) is 84.6 cm³/mol. The van der Waals surface area contributed by atoms with Crippen LogP contribution in [0.1, 0.15) is 39.5 Å². The zero-order chi connectivity index (χ0) is 14.5. The van der Waals surface area contributed by atoms with Crippen LogP contribution in [-0.2, 0) is 0 Å². The zero-order valence-corrected chi connectivity index (χ0v) is 14.0. The molecule has 1 fully saturated rings. The molecule has 0 heterocycles. The summed E-state index contributed by atoms with van der Waals surface area (Å²) in [6.45, 7) is 8.50. The van der Waals surface area contributed by atoms with E-state index >= 15 is 0 Å². The number of rotatable bonds is 7. The van der Waals surface area contributed by atoms with E-state index in [0.717, 1.165) is 5.92 Å². The van der Waals surface area contributed by atoms with Gasteiger partial charge in [0.1, 0.15) is 0 Å². The lowest BCUT2D eigenvalue weighted by Crippen LogP contribution is -2.46. The molecular weight excluding hydrogens is 234 g/mol. The van der Waals surface area contributed by atoms with Crippen LogP contribution in [0.15, 0.2) is 0 Å². The van der Waals surface area contributed by atoms with E-state index in [1.807, 2.05) is 0 Å². The second-order valence-electron chi connectivity index (χ2n) is 7.48. The summed E-state index contributed by atoms with van der Waals surface area (Å²) in [5.74, 6) is 0.804. The largest absolute Gasteiger partial charge is 0.317 e. The van der Waals surface area contributed by atoms with Crippen molar-refractivity contribution in [2.24, 2.45) is 11.3 Å². The number of nitrogens with one attached hydrogen (secondary N) is 1. The maximum Gasteiger partial charge on any atom is 0.0105 e. The monoisotopic (exact) mass is 269 g/mol. The summed E-state index contributed by atoms with van der Waals surface area (Å²) in [4.78, 5) is 4.80. The van der Waals surface area contributed by atoms with Gasteiger partial charge in [0.15, 0.2) is 0 Å². The molecule has 2 unspecified atom stereocenters. The summed E-state index contributed by atoms with van der Waals surface area (Å²) >= 11 is 0. The molecule has 0 saturated heterocycles. The van der Waals surface area contributed by atoms with Crippen molar-refractivity contribution in [2.75, 3.05) is 47.8 Å². The third-order valence-corrected chi connectivity index (χ3v) is 4.58. The molecule has 0 aromatic heterocycles. The summed E-state index contributed by atoms with van der Waals surface area (Å²) in [6, 6.07) is 0.712. The fourth-order valence-electron chi connectivity index (χ4n) is 3.46. The smallest absolute Gasteiger partial charge is 0.0105 e. The number of hydrogen-bond acceptors (Lipinski definition) is 3. The standard InChI is InChI=1S/C16H35N3/c1-16(2)9-8-15(17-3)14(12-16)13-19(6)11-7-10-18(4)5/h14-15,17H,7-13H2,1-6H3. The Morgan fingerprint density at radius 3 is 2.42 bits per heavy atom. The van der Waals surface area contributed by atoms with Crippen molar-refractivity contribution in [3.8, 4) is 0 Å². The minimum Gasteiger partial charge on any atom is -0.317 e. The van der Waals surface area contributed by atoms with Crippen LogP contribution in [0.25, 0.3) is 0 Å². The van der Waals surface area contributed by atoms with Crippen molar-refractivity contribution >= 4 is 0 Å². The van der Waals surface area contributed by atoms with Crippen molar-refractivity contribution in [2.45, 2.75) is 45.6 Å². The van der Waals surface area contributed by atoms with E-state index in [9.17, 15) is 0 Å². The van der Waals surface area contributed by atoms with Gasteiger partial charge >= 0.3 is 0 Å². The van der Waals surface area contributed by atoms with Gasteiger partial charge in [-0.15, -0.1) is 0 Å². The van der Waals surface area contributed by atoms with Crippen LogP contribution in [0.5, 0.6) is 0 Å². The molecule has 0 aliphatic heterocycles. The second kappa shape index (κ2) is 7.61. The molecule has 1 aliphatic rings. The van der Waals surface area contributed by atoms with Crippen molar-refractivity contribution in [3.63, 3.8) is 0 Å². The zero-order valence-electron chi connectivity index (χ0n) is 14.0. The molecule has 19 heavy (non-hydrogen) atoms. The van der Waals surface area contributed by atoms with E-state index in [2.05, 4.69) is 57.2 Å². The van der Waals surface area contributed by atoms with Gasteiger partial charge in [-0.05, 0) is 78.3 Å². The highest BCUT2D eigenvalue weighted by Gasteiger charge is 2.34. The fraction of sp³-hybridized carbons (Fsp3) is 1.00. The Labute approximate surface area is 120 Å². The Balaban J connectivity index is 2.38. The summed E-state index contributed by atoms with van der Waals surface area (Å²) in [7, 11) is 8.72. The van der Waals surface area contributed by atoms with Crippen LogP contribution in [0, 0.1) is 11.3 Å². The van der Waals surface area contributed by atoms with Gasteiger partial charge in [-0.25, -0.2) is 0 Å². The van der Waals surface area contributed by atoms with E-state index < -0.39 is 0 Å². The molecule has 1 N–H and O–H groups in total. The SMILES string of the molecule is CNC1CCC(C)(C)CC1CN(C)CCCN(C)C. The quantitative estimate of drug-likeness (QED) is 0.765. The summed E-state index contributed by atoms with van der Waals surface area (Å²) < 4.78 is 0. The third kappa shape index (κ3) is 6.24.